The molecule has 0 radical (unpaired) electrons. The first-order valence-electron chi connectivity index (χ1n) is 6.76. The molecule has 19 heavy (non-hydrogen) atoms. The minimum absolute atomic E-state index is 0.0521. The van der Waals surface area contributed by atoms with Gasteiger partial charge in [0.15, 0.2) is 0 Å². The average Bonchev–Trinajstić information content (AvgIpc) is 2.40. The van der Waals surface area contributed by atoms with E-state index in [0.29, 0.717) is 19.5 Å². The quantitative estimate of drug-likeness (QED) is 0.878. The number of nitrogens with zero attached hydrogens (tertiary/aromatic N) is 1. The van der Waals surface area contributed by atoms with Crippen molar-refractivity contribution in [3.8, 4) is 0 Å². The van der Waals surface area contributed by atoms with Gasteiger partial charge in [-0.05, 0) is 30.4 Å². The molecule has 1 aromatic rings. The number of carbonyl (C=O) groups is 2. The number of carboxylic acid groups (broad SMARTS) is 1. The van der Waals surface area contributed by atoms with E-state index in [0.717, 1.165) is 18.4 Å². The number of benzene rings is 1. The molecule has 0 saturated carbocycles. The molecule has 1 aliphatic heterocycles. The van der Waals surface area contributed by atoms with Crippen molar-refractivity contribution in [1.29, 1.82) is 0 Å². The maximum atomic E-state index is 12.4. The number of amides is 1. The summed E-state index contributed by atoms with van der Waals surface area (Å²) >= 11 is 0. The van der Waals surface area contributed by atoms with Crippen LogP contribution in [-0.4, -0.2) is 35.0 Å². The summed E-state index contributed by atoms with van der Waals surface area (Å²) in [5.41, 5.74) is 2.36. The van der Waals surface area contributed by atoms with E-state index in [-0.39, 0.29) is 11.8 Å². The Hall–Kier alpha value is -1.84. The molecule has 0 bridgehead atoms. The van der Waals surface area contributed by atoms with E-state index in [1.165, 1.54) is 5.56 Å². The summed E-state index contributed by atoms with van der Waals surface area (Å²) < 4.78 is 0. The molecule has 1 unspecified atom stereocenters. The molecular weight excluding hydrogens is 242 g/mol. The smallest absolute Gasteiger partial charge is 0.308 e. The highest BCUT2D eigenvalue weighted by molar-refractivity contribution is 5.87. The highest BCUT2D eigenvalue weighted by atomic mass is 16.4. The number of rotatable bonds is 2. The fourth-order valence-electron chi connectivity index (χ4n) is 3.08. The molecule has 1 fully saturated rings. The van der Waals surface area contributed by atoms with Crippen LogP contribution in [-0.2, 0) is 16.0 Å². The molecule has 4 nitrogen and oxygen atoms in total. The van der Waals surface area contributed by atoms with Crippen molar-refractivity contribution >= 4 is 11.9 Å². The number of hydrogen-bond donors (Lipinski definition) is 1. The molecule has 2 aliphatic rings. The number of likely N-dealkylation sites (tertiary alicyclic amines) is 1. The van der Waals surface area contributed by atoms with Gasteiger partial charge in [-0.15, -0.1) is 0 Å². The normalized spacial score (nSPS) is 25.4. The van der Waals surface area contributed by atoms with Crippen LogP contribution >= 0.6 is 0 Å². The zero-order valence-electron chi connectivity index (χ0n) is 10.7. The van der Waals surface area contributed by atoms with Gasteiger partial charge in [0.1, 0.15) is 0 Å². The van der Waals surface area contributed by atoms with Crippen LogP contribution in [0.2, 0.25) is 0 Å². The molecule has 2 atom stereocenters. The SMILES string of the molecule is O=C(O)[C@H]1CCCN(C(=O)C2Cc3ccccc32)C1. The number of piperidine rings is 1. The Labute approximate surface area is 112 Å². The van der Waals surface area contributed by atoms with Crippen LogP contribution in [0.1, 0.15) is 29.9 Å². The summed E-state index contributed by atoms with van der Waals surface area (Å²) in [4.78, 5) is 25.2. The molecule has 3 rings (SSSR count). The average molecular weight is 259 g/mol. The van der Waals surface area contributed by atoms with E-state index < -0.39 is 11.9 Å². The third kappa shape index (κ3) is 2.11. The second-order valence-corrected chi connectivity index (χ2v) is 5.42. The van der Waals surface area contributed by atoms with Gasteiger partial charge in [0.2, 0.25) is 5.91 Å². The minimum atomic E-state index is -0.786. The Kier molecular flexibility index (Phi) is 3.01. The Morgan fingerprint density at radius 3 is 2.79 bits per heavy atom. The summed E-state index contributed by atoms with van der Waals surface area (Å²) in [7, 11) is 0. The van der Waals surface area contributed by atoms with Gasteiger partial charge in [-0.2, -0.15) is 0 Å². The third-order valence-corrected chi connectivity index (χ3v) is 4.23. The zero-order chi connectivity index (χ0) is 13.4. The van der Waals surface area contributed by atoms with Crippen molar-refractivity contribution in [3.63, 3.8) is 0 Å². The Balaban J connectivity index is 1.70. The largest absolute Gasteiger partial charge is 0.481 e. The molecule has 1 amide bonds. The van der Waals surface area contributed by atoms with Crippen LogP contribution in [0, 0.1) is 5.92 Å². The van der Waals surface area contributed by atoms with E-state index in [4.69, 9.17) is 5.11 Å². The van der Waals surface area contributed by atoms with Crippen LogP contribution < -0.4 is 0 Å². The van der Waals surface area contributed by atoms with Crippen LogP contribution in [0.25, 0.3) is 0 Å². The molecule has 4 heteroatoms. The number of aliphatic carboxylic acids is 1. The van der Waals surface area contributed by atoms with Crippen LogP contribution in [0.5, 0.6) is 0 Å². The topological polar surface area (TPSA) is 57.6 Å². The Morgan fingerprint density at radius 1 is 1.26 bits per heavy atom. The highest BCUT2D eigenvalue weighted by Crippen LogP contribution is 2.36. The van der Waals surface area contributed by atoms with Gasteiger partial charge in [-0.3, -0.25) is 9.59 Å². The standard InChI is InChI=1S/C15H17NO3/c17-14(13-8-10-4-1-2-6-12(10)13)16-7-3-5-11(9-16)15(18)19/h1-2,4,6,11,13H,3,5,7-9H2,(H,18,19)/t11-,13?/m0/s1. The van der Waals surface area contributed by atoms with Crippen molar-refractivity contribution in [2.75, 3.05) is 13.1 Å². The molecule has 0 spiro atoms. The maximum Gasteiger partial charge on any atom is 0.308 e. The molecular formula is C15H17NO3. The number of hydrogen-bond acceptors (Lipinski definition) is 2. The van der Waals surface area contributed by atoms with E-state index in [9.17, 15) is 9.59 Å². The maximum absolute atomic E-state index is 12.4. The summed E-state index contributed by atoms with van der Waals surface area (Å²) in [6, 6.07) is 7.99. The monoisotopic (exact) mass is 259 g/mol. The van der Waals surface area contributed by atoms with E-state index in [1.807, 2.05) is 18.2 Å². The second-order valence-electron chi connectivity index (χ2n) is 5.42. The summed E-state index contributed by atoms with van der Waals surface area (Å²) in [5.74, 6) is -1.13. The Bertz CT molecular complexity index is 526. The van der Waals surface area contributed by atoms with Crippen molar-refractivity contribution in [2.45, 2.75) is 25.2 Å². The van der Waals surface area contributed by atoms with Gasteiger partial charge in [-0.25, -0.2) is 0 Å². The van der Waals surface area contributed by atoms with Crippen molar-refractivity contribution in [3.05, 3.63) is 35.4 Å². The lowest BCUT2D eigenvalue weighted by molar-refractivity contribution is -0.146. The van der Waals surface area contributed by atoms with Crippen LogP contribution in [0.4, 0.5) is 0 Å². The molecule has 1 heterocycles. The van der Waals surface area contributed by atoms with Gasteiger partial charge in [0.05, 0.1) is 11.8 Å². The summed E-state index contributed by atoms with van der Waals surface area (Å²) in [6.07, 6.45) is 2.26. The fourth-order valence-corrected chi connectivity index (χ4v) is 3.08. The lowest BCUT2D eigenvalue weighted by Gasteiger charge is -2.37. The van der Waals surface area contributed by atoms with Crippen molar-refractivity contribution in [2.24, 2.45) is 5.92 Å². The van der Waals surface area contributed by atoms with E-state index in [2.05, 4.69) is 6.07 Å². The molecule has 1 aromatic carbocycles. The molecule has 0 aromatic heterocycles. The second kappa shape index (κ2) is 4.68. The predicted octanol–water partition coefficient (Wildman–Crippen LogP) is 1.65. The lowest BCUT2D eigenvalue weighted by atomic mass is 9.76. The van der Waals surface area contributed by atoms with Gasteiger partial charge in [0, 0.05) is 13.1 Å². The van der Waals surface area contributed by atoms with Crippen molar-refractivity contribution in [1.82, 2.24) is 4.90 Å². The first-order valence-corrected chi connectivity index (χ1v) is 6.76. The number of carbonyl (C=O) groups excluding carboxylic acids is 1. The predicted molar refractivity (Wildman–Crippen MR) is 69.8 cm³/mol. The van der Waals surface area contributed by atoms with E-state index in [1.54, 1.807) is 4.90 Å². The van der Waals surface area contributed by atoms with Crippen LogP contribution in [0.15, 0.2) is 24.3 Å². The first kappa shape index (κ1) is 12.2. The van der Waals surface area contributed by atoms with Gasteiger partial charge >= 0.3 is 5.97 Å². The fraction of sp³-hybridized carbons (Fsp3) is 0.467. The highest BCUT2D eigenvalue weighted by Gasteiger charge is 2.37. The molecule has 100 valence electrons. The Morgan fingerprint density at radius 2 is 2.05 bits per heavy atom. The minimum Gasteiger partial charge on any atom is -0.481 e. The molecule has 1 saturated heterocycles. The van der Waals surface area contributed by atoms with Gasteiger partial charge in [-0.1, -0.05) is 24.3 Å². The summed E-state index contributed by atoms with van der Waals surface area (Å²) in [6.45, 7) is 1.06. The van der Waals surface area contributed by atoms with Crippen molar-refractivity contribution < 1.29 is 14.7 Å². The third-order valence-electron chi connectivity index (χ3n) is 4.23. The first-order chi connectivity index (χ1) is 9.16. The zero-order valence-corrected chi connectivity index (χ0v) is 10.7. The molecule has 1 aliphatic carbocycles. The van der Waals surface area contributed by atoms with Gasteiger partial charge < -0.3 is 10.0 Å². The molecule has 1 N–H and O–H groups in total. The lowest BCUT2D eigenvalue weighted by Crippen LogP contribution is -2.46. The van der Waals surface area contributed by atoms with E-state index >= 15 is 0 Å². The number of carboxylic acids is 1. The van der Waals surface area contributed by atoms with Gasteiger partial charge in [0.25, 0.3) is 0 Å². The van der Waals surface area contributed by atoms with Crippen LogP contribution in [0.3, 0.4) is 0 Å². The number of fused-ring (bicyclic) bond motifs is 1. The summed E-state index contributed by atoms with van der Waals surface area (Å²) in [5, 5.41) is 9.07.